The minimum atomic E-state index is -0.855. The van der Waals surface area contributed by atoms with E-state index in [4.69, 9.17) is 4.74 Å². The third-order valence-corrected chi connectivity index (χ3v) is 2.38. The number of carbonyl (C=O) groups excluding carboxylic acids is 2. The zero-order valence-corrected chi connectivity index (χ0v) is 9.88. The minimum absolute atomic E-state index is 0.185. The van der Waals surface area contributed by atoms with Gasteiger partial charge in [-0.15, -0.1) is 0 Å². The first kappa shape index (κ1) is 12.0. The van der Waals surface area contributed by atoms with Crippen LogP contribution in [0, 0.1) is 0 Å². The van der Waals surface area contributed by atoms with Crippen LogP contribution < -0.4 is 4.74 Å². The van der Waals surface area contributed by atoms with Crippen LogP contribution in [0.3, 0.4) is 0 Å². The van der Waals surface area contributed by atoms with Gasteiger partial charge in [-0.05, 0) is 18.2 Å². The van der Waals surface area contributed by atoms with Crippen molar-refractivity contribution < 1.29 is 23.8 Å². The highest BCUT2D eigenvalue weighted by molar-refractivity contribution is 5.91. The molecular weight excluding hydrogens is 238 g/mol. The van der Waals surface area contributed by atoms with Crippen LogP contribution in [0.25, 0.3) is 5.52 Å². The molecule has 0 spiro atoms. The number of esters is 1. The zero-order valence-electron chi connectivity index (χ0n) is 9.88. The summed E-state index contributed by atoms with van der Waals surface area (Å²) in [6.45, 7) is 0. The van der Waals surface area contributed by atoms with Crippen molar-refractivity contribution >= 4 is 17.6 Å². The van der Waals surface area contributed by atoms with Crippen molar-refractivity contribution in [1.29, 1.82) is 0 Å². The summed E-state index contributed by atoms with van der Waals surface area (Å²) in [6, 6.07) is 6.59. The average molecular weight is 249 g/mol. The standard InChI is InChI=1S/C12H11NO5/c1-16-11(14)8-6-9-4-3-5-13(9)10(7-8)18-12(15)17-2/h3-7H,1-2H3. The van der Waals surface area contributed by atoms with E-state index in [2.05, 4.69) is 9.47 Å². The molecule has 2 rings (SSSR count). The zero-order chi connectivity index (χ0) is 13.1. The van der Waals surface area contributed by atoms with Crippen molar-refractivity contribution in [1.82, 2.24) is 4.40 Å². The Morgan fingerprint density at radius 3 is 2.61 bits per heavy atom. The first-order chi connectivity index (χ1) is 8.65. The van der Waals surface area contributed by atoms with E-state index in [0.717, 1.165) is 0 Å². The number of nitrogens with zero attached hydrogens (tertiary/aromatic N) is 1. The average Bonchev–Trinajstić information content (AvgIpc) is 2.85. The molecule has 0 aliphatic heterocycles. The molecule has 94 valence electrons. The lowest BCUT2D eigenvalue weighted by Gasteiger charge is -2.08. The van der Waals surface area contributed by atoms with E-state index in [1.807, 2.05) is 0 Å². The molecule has 0 aromatic carbocycles. The largest absolute Gasteiger partial charge is 0.514 e. The van der Waals surface area contributed by atoms with Gasteiger partial charge >= 0.3 is 12.1 Å². The van der Waals surface area contributed by atoms with Gasteiger partial charge in [0.15, 0.2) is 0 Å². The number of hydrogen-bond donors (Lipinski definition) is 0. The predicted octanol–water partition coefficient (Wildman–Crippen LogP) is 1.87. The second kappa shape index (κ2) is 4.79. The molecule has 0 amide bonds. The van der Waals surface area contributed by atoms with Gasteiger partial charge < -0.3 is 14.2 Å². The third kappa shape index (κ3) is 2.13. The number of methoxy groups -OCH3 is 2. The second-order valence-corrected chi connectivity index (χ2v) is 3.43. The molecule has 0 aliphatic rings. The topological polar surface area (TPSA) is 66.2 Å². The Bertz CT molecular complexity index is 602. The maximum absolute atomic E-state index is 11.5. The fourth-order valence-corrected chi connectivity index (χ4v) is 1.56. The Labute approximate surface area is 103 Å². The summed E-state index contributed by atoms with van der Waals surface area (Å²) in [4.78, 5) is 22.6. The Morgan fingerprint density at radius 1 is 1.17 bits per heavy atom. The quantitative estimate of drug-likeness (QED) is 0.760. The summed E-state index contributed by atoms with van der Waals surface area (Å²) in [6.07, 6.45) is 0.848. The summed E-state index contributed by atoms with van der Waals surface area (Å²) in [5, 5.41) is 0. The summed E-state index contributed by atoms with van der Waals surface area (Å²) >= 11 is 0. The van der Waals surface area contributed by atoms with Gasteiger partial charge in [0.25, 0.3) is 0 Å². The molecule has 6 heteroatoms. The van der Waals surface area contributed by atoms with Crippen LogP contribution in [-0.2, 0) is 9.47 Å². The molecule has 0 aliphatic carbocycles. The number of rotatable bonds is 2. The Morgan fingerprint density at radius 2 is 1.94 bits per heavy atom. The van der Waals surface area contributed by atoms with Crippen LogP contribution in [0.15, 0.2) is 30.5 Å². The summed E-state index contributed by atoms with van der Waals surface area (Å²) in [5.74, 6) is -0.321. The van der Waals surface area contributed by atoms with E-state index in [1.165, 1.54) is 20.3 Å². The van der Waals surface area contributed by atoms with Crippen LogP contribution in [0.2, 0.25) is 0 Å². The number of fused-ring (bicyclic) bond motifs is 1. The molecule has 2 aromatic rings. The van der Waals surface area contributed by atoms with E-state index in [1.54, 1.807) is 28.8 Å². The van der Waals surface area contributed by atoms with Gasteiger partial charge in [-0.2, -0.15) is 0 Å². The molecule has 2 heterocycles. The van der Waals surface area contributed by atoms with Crippen LogP contribution in [0.1, 0.15) is 10.4 Å². The van der Waals surface area contributed by atoms with Crippen molar-refractivity contribution in [3.05, 3.63) is 36.0 Å². The first-order valence-corrected chi connectivity index (χ1v) is 5.11. The lowest BCUT2D eigenvalue weighted by atomic mass is 10.2. The molecule has 18 heavy (non-hydrogen) atoms. The number of pyridine rings is 1. The number of aromatic nitrogens is 1. The van der Waals surface area contributed by atoms with E-state index >= 15 is 0 Å². The predicted molar refractivity (Wildman–Crippen MR) is 61.8 cm³/mol. The van der Waals surface area contributed by atoms with Gasteiger partial charge in [0.1, 0.15) is 0 Å². The summed E-state index contributed by atoms with van der Waals surface area (Å²) in [5.41, 5.74) is 0.999. The maximum Gasteiger partial charge on any atom is 0.514 e. The molecule has 0 atom stereocenters. The maximum atomic E-state index is 11.5. The highest BCUT2D eigenvalue weighted by Gasteiger charge is 2.13. The van der Waals surface area contributed by atoms with Crippen LogP contribution >= 0.6 is 0 Å². The fraction of sp³-hybridized carbons (Fsp3) is 0.167. The smallest absolute Gasteiger partial charge is 0.465 e. The van der Waals surface area contributed by atoms with Gasteiger partial charge in [-0.25, -0.2) is 9.59 Å². The van der Waals surface area contributed by atoms with Crippen molar-refractivity contribution in [3.8, 4) is 5.88 Å². The van der Waals surface area contributed by atoms with Gasteiger partial charge in [-0.1, -0.05) is 0 Å². The van der Waals surface area contributed by atoms with E-state index in [9.17, 15) is 9.59 Å². The SMILES string of the molecule is COC(=O)Oc1cc(C(=O)OC)cc2cccn12. The van der Waals surface area contributed by atoms with Gasteiger partial charge in [0.05, 0.1) is 19.8 Å². The fourth-order valence-electron chi connectivity index (χ4n) is 1.56. The molecule has 0 fully saturated rings. The Kier molecular flexibility index (Phi) is 3.18. The monoisotopic (exact) mass is 249 g/mol. The normalized spacial score (nSPS) is 10.1. The Balaban J connectivity index is 2.51. The summed E-state index contributed by atoms with van der Waals surface area (Å²) in [7, 11) is 2.49. The van der Waals surface area contributed by atoms with E-state index in [0.29, 0.717) is 11.1 Å². The lowest BCUT2D eigenvalue weighted by Crippen LogP contribution is -2.11. The molecule has 6 nitrogen and oxygen atoms in total. The lowest BCUT2D eigenvalue weighted by molar-refractivity contribution is 0.0599. The molecule has 0 saturated heterocycles. The number of carbonyl (C=O) groups is 2. The van der Waals surface area contributed by atoms with E-state index < -0.39 is 12.1 Å². The number of ether oxygens (including phenoxy) is 3. The molecule has 0 radical (unpaired) electrons. The van der Waals surface area contributed by atoms with Crippen LogP contribution in [0.4, 0.5) is 4.79 Å². The van der Waals surface area contributed by atoms with E-state index in [-0.39, 0.29) is 5.88 Å². The Hall–Kier alpha value is -2.50. The minimum Gasteiger partial charge on any atom is -0.465 e. The highest BCUT2D eigenvalue weighted by Crippen LogP contribution is 2.20. The highest BCUT2D eigenvalue weighted by atomic mass is 16.7. The molecule has 0 N–H and O–H groups in total. The second-order valence-electron chi connectivity index (χ2n) is 3.43. The van der Waals surface area contributed by atoms with Gasteiger partial charge in [0, 0.05) is 17.8 Å². The van der Waals surface area contributed by atoms with Crippen LogP contribution in [0.5, 0.6) is 5.88 Å². The van der Waals surface area contributed by atoms with Crippen molar-refractivity contribution in [2.24, 2.45) is 0 Å². The molecule has 0 saturated carbocycles. The van der Waals surface area contributed by atoms with Gasteiger partial charge in [0.2, 0.25) is 5.88 Å². The molecule has 0 unspecified atom stereocenters. The van der Waals surface area contributed by atoms with Crippen molar-refractivity contribution in [2.45, 2.75) is 0 Å². The number of hydrogen-bond acceptors (Lipinski definition) is 5. The van der Waals surface area contributed by atoms with Crippen LogP contribution in [-0.4, -0.2) is 30.7 Å². The summed E-state index contributed by atoms with van der Waals surface area (Å²) < 4.78 is 15.6. The molecule has 2 aromatic heterocycles. The third-order valence-electron chi connectivity index (χ3n) is 2.38. The molecule has 0 bridgehead atoms. The molecular formula is C12H11NO5. The first-order valence-electron chi connectivity index (χ1n) is 5.11. The van der Waals surface area contributed by atoms with Crippen molar-refractivity contribution in [2.75, 3.05) is 14.2 Å². The van der Waals surface area contributed by atoms with Crippen molar-refractivity contribution in [3.63, 3.8) is 0 Å². The van der Waals surface area contributed by atoms with Gasteiger partial charge in [-0.3, -0.25) is 4.40 Å².